The summed E-state index contributed by atoms with van der Waals surface area (Å²) in [6.07, 6.45) is 0. The van der Waals surface area contributed by atoms with Crippen LogP contribution in [-0.4, -0.2) is 8.97 Å². The van der Waals surface area contributed by atoms with Crippen molar-refractivity contribution in [1.29, 1.82) is 0 Å². The fourth-order valence-electron chi connectivity index (χ4n) is 6.58. The van der Waals surface area contributed by atoms with E-state index in [9.17, 15) is 0 Å². The molecule has 0 aliphatic carbocycles. The summed E-state index contributed by atoms with van der Waals surface area (Å²) in [4.78, 5) is 0. The smallest absolute Gasteiger partial charge is 0.0620 e. The minimum atomic E-state index is 1.08. The van der Waals surface area contributed by atoms with Crippen LogP contribution in [0.3, 0.4) is 0 Å². The van der Waals surface area contributed by atoms with Crippen molar-refractivity contribution >= 4 is 71.3 Å². The summed E-state index contributed by atoms with van der Waals surface area (Å²) in [5, 5.41) is 11.4. The predicted molar refractivity (Wildman–Crippen MR) is 165 cm³/mol. The van der Waals surface area contributed by atoms with Gasteiger partial charge in [0.25, 0.3) is 0 Å². The summed E-state index contributed by atoms with van der Waals surface area (Å²) in [5.74, 6) is 0. The van der Waals surface area contributed by atoms with E-state index in [4.69, 9.17) is 0 Å². The first kappa shape index (κ1) is 20.7. The summed E-state index contributed by atoms with van der Waals surface area (Å²) >= 11 is 0. The number of anilines is 2. The highest BCUT2D eigenvalue weighted by Crippen LogP contribution is 2.40. The third kappa shape index (κ3) is 2.82. The van der Waals surface area contributed by atoms with Gasteiger partial charge in [0.15, 0.2) is 0 Å². The quantitative estimate of drug-likeness (QED) is 0.258. The number of nitrogens with one attached hydrogen (secondary N) is 1. The van der Waals surface area contributed by atoms with Crippen molar-refractivity contribution in [2.45, 2.75) is 0 Å². The highest BCUT2D eigenvalue weighted by Gasteiger charge is 2.17. The Morgan fingerprint density at radius 1 is 0.385 bits per heavy atom. The van der Waals surface area contributed by atoms with Gasteiger partial charge in [0.05, 0.1) is 27.6 Å². The van der Waals surface area contributed by atoms with Gasteiger partial charge < -0.3 is 14.3 Å². The van der Waals surface area contributed by atoms with Gasteiger partial charge in [-0.1, -0.05) is 72.8 Å². The van der Waals surface area contributed by atoms with Crippen molar-refractivity contribution in [2.75, 3.05) is 5.32 Å². The maximum atomic E-state index is 3.71. The van der Waals surface area contributed by atoms with E-state index < -0.39 is 0 Å². The molecule has 0 atom stereocenters. The second kappa shape index (κ2) is 7.62. The molecule has 3 nitrogen and oxygen atoms in total. The maximum absolute atomic E-state index is 3.71. The summed E-state index contributed by atoms with van der Waals surface area (Å²) in [6.45, 7) is 0. The molecule has 6 aromatic carbocycles. The molecule has 0 aliphatic rings. The average molecular weight is 498 g/mol. The Balaban J connectivity index is 1.21. The number of hydrogen-bond donors (Lipinski definition) is 1. The molecule has 0 radical (unpaired) electrons. The van der Waals surface area contributed by atoms with Gasteiger partial charge in [-0.3, -0.25) is 0 Å². The van der Waals surface area contributed by atoms with Gasteiger partial charge in [0.2, 0.25) is 0 Å². The Morgan fingerprint density at radius 3 is 1.67 bits per heavy atom. The van der Waals surface area contributed by atoms with Gasteiger partial charge in [-0.15, -0.1) is 0 Å². The molecule has 0 aliphatic heterocycles. The molecule has 1 N–H and O–H groups in total. The topological polar surface area (TPSA) is 21.4 Å². The van der Waals surface area contributed by atoms with Crippen LogP contribution in [0.1, 0.15) is 0 Å². The zero-order valence-corrected chi connectivity index (χ0v) is 21.1. The van der Waals surface area contributed by atoms with Gasteiger partial charge in [-0.25, -0.2) is 0 Å². The Kier molecular flexibility index (Phi) is 4.05. The highest BCUT2D eigenvalue weighted by molar-refractivity contribution is 6.23. The molecule has 0 spiro atoms. The number of benzene rings is 6. The lowest BCUT2D eigenvalue weighted by Gasteiger charge is -2.09. The van der Waals surface area contributed by atoms with Crippen molar-refractivity contribution < 1.29 is 0 Å². The van der Waals surface area contributed by atoms with Crippen LogP contribution >= 0.6 is 0 Å². The van der Waals surface area contributed by atoms with E-state index >= 15 is 0 Å². The fourth-order valence-corrected chi connectivity index (χ4v) is 6.58. The standard InChI is InChI=1S/C36H23N3/c1-2-9-25(10-3-1)38-32-15-6-5-12-27(32)30-21-23(17-19-34(30)38)37-24-18-20-35-31(22-24)29-14-8-13-28-26-11-4-7-16-33(26)39(35)36(28)29/h1-22,37H. The highest BCUT2D eigenvalue weighted by atomic mass is 15.0. The van der Waals surface area contributed by atoms with Crippen LogP contribution in [0, 0.1) is 0 Å². The molecule has 3 heteroatoms. The monoisotopic (exact) mass is 497 g/mol. The Morgan fingerprint density at radius 2 is 0.897 bits per heavy atom. The molecule has 0 amide bonds. The first-order valence-corrected chi connectivity index (χ1v) is 13.4. The first-order chi connectivity index (χ1) is 19.3. The molecule has 9 aromatic rings. The van der Waals surface area contributed by atoms with E-state index in [1.807, 2.05) is 0 Å². The predicted octanol–water partition coefficient (Wildman–Crippen LogP) is 9.68. The molecule has 0 bridgehead atoms. The first-order valence-electron chi connectivity index (χ1n) is 13.4. The van der Waals surface area contributed by atoms with Gasteiger partial charge >= 0.3 is 0 Å². The zero-order chi connectivity index (χ0) is 25.5. The third-order valence-electron chi connectivity index (χ3n) is 8.20. The largest absolute Gasteiger partial charge is 0.355 e. The normalized spacial score (nSPS) is 12.1. The summed E-state index contributed by atoms with van der Waals surface area (Å²) in [7, 11) is 0. The molecule has 0 saturated carbocycles. The molecule has 0 saturated heterocycles. The summed E-state index contributed by atoms with van der Waals surface area (Å²) < 4.78 is 4.77. The van der Waals surface area contributed by atoms with Crippen molar-refractivity contribution in [3.63, 3.8) is 0 Å². The van der Waals surface area contributed by atoms with E-state index in [1.54, 1.807) is 0 Å². The SMILES string of the molecule is c1ccc(-n2c3ccccc3c3cc(Nc4ccc5c(c4)c4cccc6c7ccccc7n5c64)ccc32)cc1. The van der Waals surface area contributed by atoms with Gasteiger partial charge in [-0.2, -0.15) is 0 Å². The molecular formula is C36H23N3. The molecule has 9 rings (SSSR count). The molecule has 0 fully saturated rings. The van der Waals surface area contributed by atoms with E-state index in [1.165, 1.54) is 65.6 Å². The van der Waals surface area contributed by atoms with E-state index in [2.05, 4.69) is 148 Å². The molecule has 182 valence electrons. The van der Waals surface area contributed by atoms with Gasteiger partial charge in [0.1, 0.15) is 0 Å². The van der Waals surface area contributed by atoms with Crippen LogP contribution in [0.15, 0.2) is 133 Å². The lowest BCUT2D eigenvalue weighted by atomic mass is 10.1. The lowest BCUT2D eigenvalue weighted by Crippen LogP contribution is -1.93. The number of aromatic nitrogens is 2. The number of fused-ring (bicyclic) bond motifs is 9. The number of nitrogens with zero attached hydrogens (tertiary/aromatic N) is 2. The van der Waals surface area contributed by atoms with Gasteiger partial charge in [0, 0.05) is 49.4 Å². The molecule has 0 unspecified atom stereocenters. The second-order valence-corrected chi connectivity index (χ2v) is 10.3. The van der Waals surface area contributed by atoms with Crippen molar-refractivity contribution in [2.24, 2.45) is 0 Å². The van der Waals surface area contributed by atoms with Gasteiger partial charge in [-0.05, 0) is 60.7 Å². The Hall–Kier alpha value is -5.28. The fraction of sp³-hybridized carbons (Fsp3) is 0. The zero-order valence-electron chi connectivity index (χ0n) is 21.1. The van der Waals surface area contributed by atoms with Crippen LogP contribution in [0.25, 0.3) is 65.6 Å². The summed E-state index contributed by atoms with van der Waals surface area (Å²) in [6, 6.07) is 48.1. The minimum Gasteiger partial charge on any atom is -0.355 e. The second-order valence-electron chi connectivity index (χ2n) is 10.3. The average Bonchev–Trinajstić information content (AvgIpc) is 3.62. The van der Waals surface area contributed by atoms with Crippen LogP contribution in [0.4, 0.5) is 11.4 Å². The molecule has 3 aromatic heterocycles. The number of hydrogen-bond acceptors (Lipinski definition) is 1. The van der Waals surface area contributed by atoms with Crippen molar-refractivity contribution in [3.8, 4) is 5.69 Å². The number of para-hydroxylation sites is 4. The molecule has 3 heterocycles. The molecular weight excluding hydrogens is 474 g/mol. The summed E-state index contributed by atoms with van der Waals surface area (Å²) in [5.41, 5.74) is 9.59. The van der Waals surface area contributed by atoms with Crippen molar-refractivity contribution in [1.82, 2.24) is 8.97 Å². The van der Waals surface area contributed by atoms with E-state index in [-0.39, 0.29) is 0 Å². The lowest BCUT2D eigenvalue weighted by molar-refractivity contribution is 1.18. The number of rotatable bonds is 3. The third-order valence-corrected chi connectivity index (χ3v) is 8.20. The maximum Gasteiger partial charge on any atom is 0.0620 e. The Labute approximate surface area is 224 Å². The van der Waals surface area contributed by atoms with Crippen LogP contribution in [-0.2, 0) is 0 Å². The minimum absolute atomic E-state index is 1.08. The van der Waals surface area contributed by atoms with Crippen molar-refractivity contribution in [3.05, 3.63) is 133 Å². The van der Waals surface area contributed by atoms with E-state index in [0.29, 0.717) is 0 Å². The van der Waals surface area contributed by atoms with Crippen LogP contribution in [0.2, 0.25) is 0 Å². The van der Waals surface area contributed by atoms with Crippen LogP contribution in [0.5, 0.6) is 0 Å². The molecule has 39 heavy (non-hydrogen) atoms. The Bertz CT molecular complexity index is 2360. The van der Waals surface area contributed by atoms with E-state index in [0.717, 1.165) is 11.4 Å². The van der Waals surface area contributed by atoms with Crippen LogP contribution < -0.4 is 5.32 Å².